The molecule has 0 fully saturated rings. The van der Waals surface area contributed by atoms with Gasteiger partial charge in [0.2, 0.25) is 0 Å². The molecule has 0 aliphatic carbocycles. The molecule has 3 heterocycles. The summed E-state index contributed by atoms with van der Waals surface area (Å²) in [5.41, 5.74) is 3.37. The van der Waals surface area contributed by atoms with Crippen LogP contribution in [0.25, 0.3) is 21.6 Å². The van der Waals surface area contributed by atoms with Crippen molar-refractivity contribution >= 4 is 39.2 Å². The molecular weight excluding hydrogens is 472 g/mol. The molecule has 0 bridgehead atoms. The van der Waals surface area contributed by atoms with Gasteiger partial charge in [0, 0.05) is 29.5 Å². The van der Waals surface area contributed by atoms with Crippen molar-refractivity contribution in [2.45, 2.75) is 12.6 Å². The Morgan fingerprint density at radius 2 is 2.00 bits per heavy atom. The number of hydrogen-bond acceptors (Lipinski definition) is 8. The third-order valence-corrected chi connectivity index (χ3v) is 6.53. The summed E-state index contributed by atoms with van der Waals surface area (Å²) in [4.78, 5) is 27.7. The first-order valence-electron chi connectivity index (χ1n) is 10.4. The molecule has 0 aliphatic heterocycles. The standard InChI is InChI=1S/C25H19ClN4O3S/c1-32-18-7-2-4-15(10-18)12-29-21(24-30-23-25(34-24)28-9-8-27-23)22(31)20-14-33-13-19(20)16-5-3-6-17(26)11-16/h2-11,13-14,21,29H,12H2,1H3. The van der Waals surface area contributed by atoms with E-state index < -0.39 is 6.04 Å². The zero-order valence-corrected chi connectivity index (χ0v) is 19.6. The van der Waals surface area contributed by atoms with Gasteiger partial charge in [-0.05, 0) is 35.4 Å². The molecule has 5 rings (SSSR count). The van der Waals surface area contributed by atoms with Gasteiger partial charge in [-0.1, -0.05) is 47.2 Å². The number of rotatable bonds is 8. The molecule has 5 aromatic rings. The van der Waals surface area contributed by atoms with Gasteiger partial charge in [0.25, 0.3) is 0 Å². The van der Waals surface area contributed by atoms with Crippen molar-refractivity contribution in [3.63, 3.8) is 0 Å². The van der Waals surface area contributed by atoms with Gasteiger partial charge >= 0.3 is 0 Å². The summed E-state index contributed by atoms with van der Waals surface area (Å²) < 4.78 is 10.8. The lowest BCUT2D eigenvalue weighted by molar-refractivity contribution is 0.0942. The van der Waals surface area contributed by atoms with E-state index in [1.165, 1.54) is 17.6 Å². The third kappa shape index (κ3) is 4.56. The minimum Gasteiger partial charge on any atom is -0.497 e. The molecule has 0 radical (unpaired) electrons. The van der Waals surface area contributed by atoms with Gasteiger partial charge in [0.1, 0.15) is 23.1 Å². The zero-order valence-electron chi connectivity index (χ0n) is 18.1. The molecule has 0 amide bonds. The molecule has 9 heteroatoms. The number of ether oxygens (including phenoxy) is 1. The first kappa shape index (κ1) is 22.2. The maximum absolute atomic E-state index is 13.9. The summed E-state index contributed by atoms with van der Waals surface area (Å²) in [5.74, 6) is 0.569. The van der Waals surface area contributed by atoms with Gasteiger partial charge in [0.15, 0.2) is 16.3 Å². The molecule has 2 aromatic carbocycles. The number of aromatic nitrogens is 3. The van der Waals surface area contributed by atoms with Crippen LogP contribution in [0.15, 0.2) is 77.9 Å². The fraction of sp³-hybridized carbons (Fsp3) is 0.120. The molecule has 1 unspecified atom stereocenters. The Kier molecular flexibility index (Phi) is 6.35. The molecule has 170 valence electrons. The highest BCUT2D eigenvalue weighted by molar-refractivity contribution is 7.18. The smallest absolute Gasteiger partial charge is 0.190 e. The lowest BCUT2D eigenvalue weighted by Gasteiger charge is -2.16. The zero-order chi connectivity index (χ0) is 23.5. The number of nitrogens with zero attached hydrogens (tertiary/aromatic N) is 3. The van der Waals surface area contributed by atoms with Crippen LogP contribution >= 0.6 is 22.9 Å². The Morgan fingerprint density at radius 1 is 1.15 bits per heavy atom. The SMILES string of the molecule is COc1cccc(CNC(C(=O)c2cocc2-c2cccc(Cl)c2)c2nc3nccnc3s2)c1. The topological polar surface area (TPSA) is 90.1 Å². The van der Waals surface area contributed by atoms with E-state index in [0.717, 1.165) is 16.9 Å². The summed E-state index contributed by atoms with van der Waals surface area (Å²) >= 11 is 7.51. The summed E-state index contributed by atoms with van der Waals surface area (Å²) in [6.45, 7) is 0.425. The van der Waals surface area contributed by atoms with Crippen molar-refractivity contribution in [2.75, 3.05) is 7.11 Å². The van der Waals surface area contributed by atoms with Gasteiger partial charge < -0.3 is 9.15 Å². The molecular formula is C25H19ClN4O3S. The molecule has 3 aromatic heterocycles. The molecule has 1 atom stereocenters. The van der Waals surface area contributed by atoms with Crippen LogP contribution in [0.2, 0.25) is 5.02 Å². The Labute approximate surface area is 204 Å². The number of ketones is 1. The number of fused-ring (bicyclic) bond motifs is 1. The van der Waals surface area contributed by atoms with E-state index in [4.69, 9.17) is 20.8 Å². The first-order chi connectivity index (χ1) is 16.6. The third-order valence-electron chi connectivity index (χ3n) is 5.28. The average Bonchev–Trinajstić information content (AvgIpc) is 3.51. The predicted octanol–water partition coefficient (Wildman–Crippen LogP) is 5.72. The number of nitrogens with one attached hydrogen (secondary N) is 1. The highest BCUT2D eigenvalue weighted by atomic mass is 35.5. The van der Waals surface area contributed by atoms with E-state index in [2.05, 4.69) is 20.3 Å². The number of methoxy groups -OCH3 is 1. The molecule has 34 heavy (non-hydrogen) atoms. The fourth-order valence-corrected chi connectivity index (χ4v) is 4.77. The number of furan rings is 1. The first-order valence-corrected chi connectivity index (χ1v) is 11.6. The lowest BCUT2D eigenvalue weighted by atomic mass is 9.98. The minimum absolute atomic E-state index is 0.175. The maximum Gasteiger partial charge on any atom is 0.190 e. The normalized spacial score (nSPS) is 12.1. The van der Waals surface area contributed by atoms with E-state index in [9.17, 15) is 4.79 Å². The van der Waals surface area contributed by atoms with Crippen LogP contribution < -0.4 is 10.1 Å². The second kappa shape index (κ2) is 9.72. The highest BCUT2D eigenvalue weighted by Gasteiger charge is 2.29. The Hall–Kier alpha value is -3.59. The van der Waals surface area contributed by atoms with Crippen LogP contribution in [0.3, 0.4) is 0 Å². The van der Waals surface area contributed by atoms with Crippen LogP contribution in [0, 0.1) is 0 Å². The summed E-state index contributed by atoms with van der Waals surface area (Å²) in [7, 11) is 1.62. The van der Waals surface area contributed by atoms with Crippen LogP contribution in [0.5, 0.6) is 5.75 Å². The molecule has 7 nitrogen and oxygen atoms in total. The van der Waals surface area contributed by atoms with Crippen LogP contribution in [-0.4, -0.2) is 27.8 Å². The average molecular weight is 491 g/mol. The number of carbonyl (C=O) groups excluding carboxylic acids is 1. The monoisotopic (exact) mass is 490 g/mol. The second-order valence-corrected chi connectivity index (χ2v) is 8.92. The van der Waals surface area contributed by atoms with Crippen LogP contribution in [0.4, 0.5) is 0 Å². The highest BCUT2D eigenvalue weighted by Crippen LogP contribution is 2.32. The predicted molar refractivity (Wildman–Crippen MR) is 131 cm³/mol. The summed E-state index contributed by atoms with van der Waals surface area (Å²) in [5, 5.41) is 4.52. The van der Waals surface area contributed by atoms with E-state index in [0.29, 0.717) is 38.2 Å². The minimum atomic E-state index is -0.734. The second-order valence-electron chi connectivity index (χ2n) is 7.48. The number of hydrogen-bond donors (Lipinski definition) is 1. The maximum atomic E-state index is 13.9. The van der Waals surface area contributed by atoms with Gasteiger partial charge in [-0.2, -0.15) is 0 Å². The summed E-state index contributed by atoms with van der Waals surface area (Å²) in [6.07, 6.45) is 6.21. The van der Waals surface area contributed by atoms with E-state index in [-0.39, 0.29) is 5.78 Å². The number of halogens is 1. The fourth-order valence-electron chi connectivity index (χ4n) is 3.63. The Bertz CT molecular complexity index is 1430. The lowest BCUT2D eigenvalue weighted by Crippen LogP contribution is -2.28. The van der Waals surface area contributed by atoms with Crippen LogP contribution in [0.1, 0.15) is 27.0 Å². The molecule has 0 aliphatic rings. The van der Waals surface area contributed by atoms with E-state index in [1.54, 1.807) is 37.9 Å². The van der Waals surface area contributed by atoms with Crippen molar-refractivity contribution < 1.29 is 13.9 Å². The number of thiazole rings is 1. The van der Waals surface area contributed by atoms with Crippen LogP contribution in [-0.2, 0) is 6.54 Å². The van der Waals surface area contributed by atoms with Gasteiger partial charge in [-0.3, -0.25) is 10.1 Å². The number of benzene rings is 2. The molecule has 0 saturated carbocycles. The van der Waals surface area contributed by atoms with Crippen molar-refractivity contribution in [3.8, 4) is 16.9 Å². The van der Waals surface area contributed by atoms with Crippen molar-refractivity contribution in [1.29, 1.82) is 0 Å². The van der Waals surface area contributed by atoms with E-state index >= 15 is 0 Å². The van der Waals surface area contributed by atoms with Gasteiger partial charge in [-0.15, -0.1) is 0 Å². The van der Waals surface area contributed by atoms with Crippen molar-refractivity contribution in [1.82, 2.24) is 20.3 Å². The van der Waals surface area contributed by atoms with Gasteiger partial charge in [-0.25, -0.2) is 15.0 Å². The number of Topliss-reactive ketones (excluding diaryl/α,β-unsaturated/α-hetero) is 1. The van der Waals surface area contributed by atoms with Gasteiger partial charge in [0.05, 0.1) is 18.9 Å². The molecule has 1 N–H and O–H groups in total. The Balaban J connectivity index is 1.51. The Morgan fingerprint density at radius 3 is 2.82 bits per heavy atom. The summed E-state index contributed by atoms with van der Waals surface area (Å²) in [6, 6.07) is 14.2. The van der Waals surface area contributed by atoms with Crippen molar-refractivity contribution in [2.24, 2.45) is 0 Å². The number of carbonyl (C=O) groups is 1. The largest absolute Gasteiger partial charge is 0.497 e. The van der Waals surface area contributed by atoms with Crippen molar-refractivity contribution in [3.05, 3.63) is 94.6 Å². The quantitative estimate of drug-likeness (QED) is 0.278. The molecule has 0 saturated heterocycles. The molecule has 0 spiro atoms. The van der Waals surface area contributed by atoms with E-state index in [1.807, 2.05) is 36.4 Å².